The molecule has 1 amide bonds. The molecule has 0 spiro atoms. The molecule has 1 unspecified atom stereocenters. The molecule has 0 bridgehead atoms. The number of thioether (sulfide) groups is 1. The van der Waals surface area contributed by atoms with Gasteiger partial charge in [0.05, 0.1) is 5.25 Å². The number of nitrogens with one attached hydrogen (secondary N) is 2. The summed E-state index contributed by atoms with van der Waals surface area (Å²) in [5.74, 6) is 0.855. The Bertz CT molecular complexity index is 681. The predicted octanol–water partition coefficient (Wildman–Crippen LogP) is 4.37. The summed E-state index contributed by atoms with van der Waals surface area (Å²) in [4.78, 5) is 19.6. The fourth-order valence-electron chi connectivity index (χ4n) is 2.95. The molecule has 1 fully saturated rings. The van der Waals surface area contributed by atoms with Gasteiger partial charge in [-0.2, -0.15) is 0 Å². The molecule has 0 aliphatic carbocycles. The smallest absolute Gasteiger partial charge is 0.239 e. The van der Waals surface area contributed by atoms with Gasteiger partial charge >= 0.3 is 0 Å². The van der Waals surface area contributed by atoms with Gasteiger partial charge in [-0.1, -0.05) is 32.0 Å². The first kappa shape index (κ1) is 18.4. The van der Waals surface area contributed by atoms with Crippen molar-refractivity contribution in [2.75, 3.05) is 18.4 Å². The van der Waals surface area contributed by atoms with E-state index in [-0.39, 0.29) is 17.1 Å². The van der Waals surface area contributed by atoms with Crippen molar-refractivity contribution in [1.82, 2.24) is 10.3 Å². The van der Waals surface area contributed by atoms with Crippen LogP contribution in [-0.2, 0) is 4.79 Å². The van der Waals surface area contributed by atoms with E-state index >= 15 is 0 Å². The number of benzene rings is 1. The largest absolute Gasteiger partial charge is 0.317 e. The number of anilines is 1. The molecule has 1 aliphatic heterocycles. The van der Waals surface area contributed by atoms with Crippen LogP contribution in [0.15, 0.2) is 41.4 Å². The lowest BCUT2D eigenvalue weighted by Gasteiger charge is -2.21. The summed E-state index contributed by atoms with van der Waals surface area (Å²) >= 11 is 3.24. The molecule has 2 N–H and O–H groups in total. The zero-order valence-corrected chi connectivity index (χ0v) is 16.3. The molecule has 1 aromatic heterocycles. The van der Waals surface area contributed by atoms with Gasteiger partial charge < -0.3 is 10.6 Å². The molecule has 1 aromatic carbocycles. The third-order valence-corrected chi connectivity index (χ3v) is 7.00. The highest BCUT2D eigenvalue weighted by Gasteiger charge is 2.25. The van der Waals surface area contributed by atoms with Crippen LogP contribution in [0.4, 0.5) is 5.13 Å². The number of rotatable bonds is 6. The molecule has 3 rings (SSSR count). The van der Waals surface area contributed by atoms with Crippen LogP contribution in [-0.4, -0.2) is 29.2 Å². The van der Waals surface area contributed by atoms with Crippen LogP contribution >= 0.6 is 23.1 Å². The topological polar surface area (TPSA) is 54.0 Å². The number of carbonyl (C=O) groups excluding carboxylic acids is 1. The predicted molar refractivity (Wildman–Crippen MR) is 107 cm³/mol. The number of aromatic nitrogens is 1. The third kappa shape index (κ3) is 5.06. The molecule has 2 heterocycles. The number of hydrogen-bond acceptors (Lipinski definition) is 5. The quantitative estimate of drug-likeness (QED) is 0.736. The number of thiazole rings is 1. The van der Waals surface area contributed by atoms with E-state index in [4.69, 9.17) is 0 Å². The number of hydrogen-bond donors (Lipinski definition) is 2. The molecule has 2 aromatic rings. The Morgan fingerprint density at radius 1 is 1.28 bits per heavy atom. The van der Waals surface area contributed by atoms with Crippen LogP contribution in [0.2, 0.25) is 0 Å². The summed E-state index contributed by atoms with van der Waals surface area (Å²) in [6, 6.07) is 10.1. The SMILES string of the molecule is CC(C)C(Sc1ccccc1)C(=O)Nc1ncc(C2CCNCC2)s1. The van der Waals surface area contributed by atoms with Crippen molar-refractivity contribution in [3.8, 4) is 0 Å². The first-order valence-electron chi connectivity index (χ1n) is 8.82. The highest BCUT2D eigenvalue weighted by atomic mass is 32.2. The van der Waals surface area contributed by atoms with Crippen LogP contribution in [0.1, 0.15) is 37.5 Å². The van der Waals surface area contributed by atoms with Gasteiger partial charge in [-0.05, 0) is 49.9 Å². The summed E-state index contributed by atoms with van der Waals surface area (Å²) in [7, 11) is 0. The maximum Gasteiger partial charge on any atom is 0.239 e. The molecule has 25 heavy (non-hydrogen) atoms. The summed E-state index contributed by atoms with van der Waals surface area (Å²) < 4.78 is 0. The maximum absolute atomic E-state index is 12.8. The molecule has 1 aliphatic rings. The van der Waals surface area contributed by atoms with E-state index in [0.717, 1.165) is 36.0 Å². The Morgan fingerprint density at radius 3 is 2.68 bits per heavy atom. The van der Waals surface area contributed by atoms with Gasteiger partial charge in [-0.25, -0.2) is 4.98 Å². The summed E-state index contributed by atoms with van der Waals surface area (Å²) in [6.45, 7) is 6.30. The van der Waals surface area contributed by atoms with Gasteiger partial charge in [-0.15, -0.1) is 23.1 Å². The Morgan fingerprint density at radius 2 is 2.00 bits per heavy atom. The van der Waals surface area contributed by atoms with Gasteiger partial charge in [-0.3, -0.25) is 4.79 Å². The van der Waals surface area contributed by atoms with Gasteiger partial charge in [0.15, 0.2) is 5.13 Å². The third-order valence-electron chi connectivity index (χ3n) is 4.37. The van der Waals surface area contributed by atoms with Crippen molar-refractivity contribution in [2.45, 2.75) is 42.8 Å². The molecule has 1 atom stereocenters. The Labute approximate surface area is 157 Å². The molecular formula is C19H25N3OS2. The average Bonchev–Trinajstić information content (AvgIpc) is 3.09. The van der Waals surface area contributed by atoms with E-state index in [9.17, 15) is 4.79 Å². The molecule has 1 saturated heterocycles. The first-order chi connectivity index (χ1) is 12.1. The Kier molecular flexibility index (Phi) is 6.51. The van der Waals surface area contributed by atoms with Crippen molar-refractivity contribution in [3.63, 3.8) is 0 Å². The van der Waals surface area contributed by atoms with E-state index in [1.807, 2.05) is 36.5 Å². The van der Waals surface area contributed by atoms with Crippen molar-refractivity contribution in [3.05, 3.63) is 41.4 Å². The second kappa shape index (κ2) is 8.83. The fourth-order valence-corrected chi connectivity index (χ4v) is 4.99. The minimum absolute atomic E-state index is 0.0371. The minimum atomic E-state index is -0.131. The van der Waals surface area contributed by atoms with Gasteiger partial charge in [0.25, 0.3) is 0 Å². The van der Waals surface area contributed by atoms with Crippen LogP contribution in [0, 0.1) is 5.92 Å². The van der Waals surface area contributed by atoms with Crippen LogP contribution in [0.25, 0.3) is 0 Å². The maximum atomic E-state index is 12.8. The standard InChI is InChI=1S/C19H25N3OS2/c1-13(2)17(24-15-6-4-3-5-7-15)18(23)22-19-21-12-16(25-19)14-8-10-20-11-9-14/h3-7,12-14,17,20H,8-11H2,1-2H3,(H,21,22,23). The summed E-state index contributed by atoms with van der Waals surface area (Å²) in [5.41, 5.74) is 0. The number of nitrogens with zero attached hydrogens (tertiary/aromatic N) is 1. The highest BCUT2D eigenvalue weighted by molar-refractivity contribution is 8.00. The van der Waals surface area contributed by atoms with Crippen LogP contribution in [0.5, 0.6) is 0 Å². The van der Waals surface area contributed by atoms with E-state index < -0.39 is 0 Å². The zero-order chi connectivity index (χ0) is 17.6. The molecule has 0 radical (unpaired) electrons. The molecule has 6 heteroatoms. The fraction of sp³-hybridized carbons (Fsp3) is 0.474. The van der Waals surface area contributed by atoms with E-state index in [1.165, 1.54) is 4.88 Å². The van der Waals surface area contributed by atoms with Crippen molar-refractivity contribution >= 4 is 34.1 Å². The molecule has 134 valence electrons. The lowest BCUT2D eigenvalue weighted by molar-refractivity contribution is -0.116. The first-order valence-corrected chi connectivity index (χ1v) is 10.5. The van der Waals surface area contributed by atoms with Gasteiger partial charge in [0.1, 0.15) is 0 Å². The highest BCUT2D eigenvalue weighted by Crippen LogP contribution is 2.33. The lowest BCUT2D eigenvalue weighted by Crippen LogP contribution is -2.29. The Hall–Kier alpha value is -1.37. The van der Waals surface area contributed by atoms with Gasteiger partial charge in [0.2, 0.25) is 5.91 Å². The van der Waals surface area contributed by atoms with Crippen molar-refractivity contribution < 1.29 is 4.79 Å². The second-order valence-electron chi connectivity index (χ2n) is 6.68. The normalized spacial score (nSPS) is 16.8. The zero-order valence-electron chi connectivity index (χ0n) is 14.7. The van der Waals surface area contributed by atoms with Crippen LogP contribution < -0.4 is 10.6 Å². The number of piperidine rings is 1. The number of carbonyl (C=O) groups is 1. The lowest BCUT2D eigenvalue weighted by atomic mass is 9.97. The second-order valence-corrected chi connectivity index (χ2v) is 8.95. The van der Waals surface area contributed by atoms with E-state index in [2.05, 4.69) is 29.5 Å². The van der Waals surface area contributed by atoms with Crippen molar-refractivity contribution in [1.29, 1.82) is 0 Å². The van der Waals surface area contributed by atoms with E-state index in [0.29, 0.717) is 5.92 Å². The minimum Gasteiger partial charge on any atom is -0.317 e. The molecule has 0 saturated carbocycles. The summed E-state index contributed by atoms with van der Waals surface area (Å²) in [5, 5.41) is 7.01. The summed E-state index contributed by atoms with van der Waals surface area (Å²) in [6.07, 6.45) is 4.23. The van der Waals surface area contributed by atoms with Gasteiger partial charge in [0, 0.05) is 16.0 Å². The monoisotopic (exact) mass is 375 g/mol. The molecular weight excluding hydrogens is 350 g/mol. The number of amides is 1. The average molecular weight is 376 g/mol. The Balaban J connectivity index is 1.64. The molecule has 4 nitrogen and oxygen atoms in total. The van der Waals surface area contributed by atoms with E-state index in [1.54, 1.807) is 23.1 Å². The van der Waals surface area contributed by atoms with Crippen LogP contribution in [0.3, 0.4) is 0 Å². The van der Waals surface area contributed by atoms with Crippen molar-refractivity contribution in [2.24, 2.45) is 5.92 Å².